The Bertz CT molecular complexity index is 958. The molecule has 0 bridgehead atoms. The normalized spacial score (nSPS) is 23.8. The van der Waals surface area contributed by atoms with E-state index in [0.717, 1.165) is 16.4 Å². The smallest absolute Gasteiger partial charge is 0.164 e. The van der Waals surface area contributed by atoms with E-state index < -0.39 is 9.84 Å². The van der Waals surface area contributed by atoms with Gasteiger partial charge < -0.3 is 4.90 Å². The molecule has 0 saturated carbocycles. The van der Waals surface area contributed by atoms with Crippen LogP contribution in [0.4, 0.5) is 10.1 Å². The zero-order valence-electron chi connectivity index (χ0n) is 14.3. The number of anilines is 1. The van der Waals surface area contributed by atoms with Gasteiger partial charge in [0.05, 0.1) is 23.6 Å². The molecule has 2 heterocycles. The first kappa shape index (κ1) is 17.5. The van der Waals surface area contributed by atoms with Gasteiger partial charge in [-0.1, -0.05) is 47.7 Å². The first-order valence-corrected chi connectivity index (χ1v) is 11.2. The van der Waals surface area contributed by atoms with E-state index in [2.05, 4.69) is 4.99 Å². The molecular weight excluding hydrogens is 371 g/mol. The lowest BCUT2D eigenvalue weighted by molar-refractivity contribution is 0.601. The summed E-state index contributed by atoms with van der Waals surface area (Å²) in [6, 6.07) is 14.3. The molecule has 2 aliphatic heterocycles. The van der Waals surface area contributed by atoms with Gasteiger partial charge in [-0.25, -0.2) is 12.8 Å². The SMILES string of the molecule is Cc1ccc(N2C(SCc3ccccc3F)=N[C@H]3CS(=O)(=O)C[C@H]32)cc1. The molecule has 0 N–H and O–H groups in total. The van der Waals surface area contributed by atoms with Gasteiger partial charge in [0.15, 0.2) is 15.0 Å². The number of hydrogen-bond donors (Lipinski definition) is 0. The molecule has 1 saturated heterocycles. The van der Waals surface area contributed by atoms with Crippen LogP contribution in [-0.2, 0) is 15.6 Å². The number of fused-ring (bicyclic) bond motifs is 1. The number of hydrogen-bond acceptors (Lipinski definition) is 5. The number of aliphatic imine (C=N–C) groups is 1. The fraction of sp³-hybridized carbons (Fsp3) is 0.316. The standard InChI is InChI=1S/C19H19FN2O2S2/c1-13-6-8-15(9-7-13)22-18-12-26(23,24)11-17(18)21-19(22)25-10-14-4-2-3-5-16(14)20/h2-9,17-18H,10-12H2,1H3/t17-,18+/m0/s1. The van der Waals surface area contributed by atoms with Crippen LogP contribution >= 0.6 is 11.8 Å². The van der Waals surface area contributed by atoms with Crippen molar-refractivity contribution in [1.82, 2.24) is 0 Å². The van der Waals surface area contributed by atoms with Gasteiger partial charge in [-0.3, -0.25) is 4.99 Å². The van der Waals surface area contributed by atoms with Crippen molar-refractivity contribution in [2.45, 2.75) is 24.8 Å². The maximum Gasteiger partial charge on any atom is 0.164 e. The van der Waals surface area contributed by atoms with Crippen molar-refractivity contribution in [3.63, 3.8) is 0 Å². The average Bonchev–Trinajstić information content (AvgIpc) is 3.06. The van der Waals surface area contributed by atoms with Gasteiger partial charge in [0.1, 0.15) is 5.82 Å². The van der Waals surface area contributed by atoms with Gasteiger partial charge in [0, 0.05) is 11.4 Å². The average molecular weight is 391 g/mol. The molecule has 2 atom stereocenters. The van der Waals surface area contributed by atoms with E-state index in [4.69, 9.17) is 0 Å². The number of amidine groups is 1. The first-order valence-electron chi connectivity index (χ1n) is 8.43. The Morgan fingerprint density at radius 2 is 1.88 bits per heavy atom. The largest absolute Gasteiger partial charge is 0.315 e. The molecule has 0 amide bonds. The number of sulfone groups is 1. The summed E-state index contributed by atoms with van der Waals surface area (Å²) in [7, 11) is -3.07. The zero-order valence-corrected chi connectivity index (χ0v) is 15.9. The van der Waals surface area contributed by atoms with Crippen molar-refractivity contribution in [3.05, 3.63) is 65.5 Å². The van der Waals surface area contributed by atoms with Crippen LogP contribution in [0, 0.1) is 12.7 Å². The highest BCUT2D eigenvalue weighted by molar-refractivity contribution is 8.13. The Hall–Kier alpha value is -1.86. The van der Waals surface area contributed by atoms with Gasteiger partial charge in [0.25, 0.3) is 0 Å². The summed E-state index contributed by atoms with van der Waals surface area (Å²) in [4.78, 5) is 6.69. The van der Waals surface area contributed by atoms with Gasteiger partial charge in [-0.2, -0.15) is 0 Å². The van der Waals surface area contributed by atoms with Gasteiger partial charge >= 0.3 is 0 Å². The van der Waals surface area contributed by atoms with Crippen LogP contribution in [0.1, 0.15) is 11.1 Å². The summed E-state index contributed by atoms with van der Waals surface area (Å²) in [6.07, 6.45) is 0. The van der Waals surface area contributed by atoms with Crippen LogP contribution in [0.2, 0.25) is 0 Å². The van der Waals surface area contributed by atoms with E-state index in [9.17, 15) is 12.8 Å². The summed E-state index contributed by atoms with van der Waals surface area (Å²) in [5, 5.41) is 0.766. The molecule has 4 rings (SSSR count). The fourth-order valence-electron chi connectivity index (χ4n) is 3.40. The van der Waals surface area contributed by atoms with E-state index in [1.807, 2.05) is 42.2 Å². The molecule has 4 nitrogen and oxygen atoms in total. The quantitative estimate of drug-likeness (QED) is 0.806. The molecule has 0 aliphatic carbocycles. The van der Waals surface area contributed by atoms with E-state index >= 15 is 0 Å². The van der Waals surface area contributed by atoms with Gasteiger partial charge in [-0.05, 0) is 30.7 Å². The van der Waals surface area contributed by atoms with Gasteiger partial charge in [-0.15, -0.1) is 0 Å². The fourth-order valence-corrected chi connectivity index (χ4v) is 6.35. The molecule has 136 valence electrons. The highest BCUT2D eigenvalue weighted by atomic mass is 32.2. The van der Waals surface area contributed by atoms with Crippen LogP contribution in [0.25, 0.3) is 0 Å². The minimum absolute atomic E-state index is 0.0871. The third kappa shape index (κ3) is 3.38. The molecule has 0 unspecified atom stereocenters. The van der Waals surface area contributed by atoms with Crippen LogP contribution in [0.15, 0.2) is 53.5 Å². The second-order valence-electron chi connectivity index (χ2n) is 6.71. The summed E-state index contributed by atoms with van der Waals surface area (Å²) in [6.45, 7) is 2.01. The van der Waals surface area contributed by atoms with E-state index in [1.54, 1.807) is 12.1 Å². The third-order valence-electron chi connectivity index (χ3n) is 4.73. The van der Waals surface area contributed by atoms with Crippen LogP contribution in [-0.4, -0.2) is 37.2 Å². The summed E-state index contributed by atoms with van der Waals surface area (Å²) < 4.78 is 38.0. The summed E-state index contributed by atoms with van der Waals surface area (Å²) >= 11 is 1.46. The number of benzene rings is 2. The summed E-state index contributed by atoms with van der Waals surface area (Å²) in [5.74, 6) is 0.422. The second kappa shape index (κ2) is 6.70. The van der Waals surface area contributed by atoms with Crippen molar-refractivity contribution in [2.24, 2.45) is 4.99 Å². The number of thioether (sulfide) groups is 1. The van der Waals surface area contributed by atoms with Crippen molar-refractivity contribution in [2.75, 3.05) is 16.4 Å². The molecule has 2 aromatic rings. The molecule has 2 aliphatic rings. The Morgan fingerprint density at radius 3 is 2.62 bits per heavy atom. The number of rotatable bonds is 3. The maximum atomic E-state index is 13.9. The molecule has 7 heteroatoms. The topological polar surface area (TPSA) is 49.7 Å². The molecule has 0 spiro atoms. The lowest BCUT2D eigenvalue weighted by Gasteiger charge is -2.26. The van der Waals surface area contributed by atoms with Crippen molar-refractivity contribution >= 4 is 32.5 Å². The predicted octanol–water partition coefficient (Wildman–Crippen LogP) is 3.41. The van der Waals surface area contributed by atoms with E-state index in [0.29, 0.717) is 11.3 Å². The second-order valence-corrected chi connectivity index (χ2v) is 9.81. The van der Waals surface area contributed by atoms with Crippen LogP contribution in [0.5, 0.6) is 0 Å². The number of aryl methyl sites for hydroxylation is 1. The van der Waals surface area contributed by atoms with Crippen molar-refractivity contribution in [1.29, 1.82) is 0 Å². The summed E-state index contributed by atoms with van der Waals surface area (Å²) in [5.41, 5.74) is 2.69. The Balaban J connectivity index is 1.63. The third-order valence-corrected chi connectivity index (χ3v) is 7.45. The maximum absolute atomic E-state index is 13.9. The molecule has 1 fully saturated rings. The zero-order chi connectivity index (χ0) is 18.3. The molecule has 2 aromatic carbocycles. The molecule has 0 aromatic heterocycles. The number of halogens is 1. The molecular formula is C19H19FN2O2S2. The minimum Gasteiger partial charge on any atom is -0.315 e. The monoisotopic (exact) mass is 390 g/mol. The predicted molar refractivity (Wildman–Crippen MR) is 105 cm³/mol. The van der Waals surface area contributed by atoms with E-state index in [-0.39, 0.29) is 29.4 Å². The van der Waals surface area contributed by atoms with Crippen molar-refractivity contribution < 1.29 is 12.8 Å². The van der Waals surface area contributed by atoms with Crippen LogP contribution in [0.3, 0.4) is 0 Å². The molecule has 0 radical (unpaired) electrons. The van der Waals surface area contributed by atoms with Crippen LogP contribution < -0.4 is 4.90 Å². The van der Waals surface area contributed by atoms with E-state index in [1.165, 1.54) is 17.8 Å². The molecule has 26 heavy (non-hydrogen) atoms. The lowest BCUT2D eigenvalue weighted by Crippen LogP contribution is -2.39. The Labute approximate surface area is 157 Å². The first-order chi connectivity index (χ1) is 12.4. The highest BCUT2D eigenvalue weighted by Crippen LogP contribution is 2.36. The van der Waals surface area contributed by atoms with Gasteiger partial charge in [0.2, 0.25) is 0 Å². The highest BCUT2D eigenvalue weighted by Gasteiger charge is 2.47. The van der Waals surface area contributed by atoms with Crippen molar-refractivity contribution in [3.8, 4) is 0 Å². The Kier molecular flexibility index (Phi) is 4.52. The lowest BCUT2D eigenvalue weighted by atomic mass is 10.1. The Morgan fingerprint density at radius 1 is 1.15 bits per heavy atom. The minimum atomic E-state index is -3.07. The number of nitrogens with zero attached hydrogens (tertiary/aromatic N) is 2.